The van der Waals surface area contributed by atoms with Crippen LogP contribution in [0.4, 0.5) is 0 Å². The fourth-order valence-corrected chi connectivity index (χ4v) is 2.41. The molecule has 0 heteroatoms. The van der Waals surface area contributed by atoms with Gasteiger partial charge in [-0.2, -0.15) is 0 Å². The predicted octanol–water partition coefficient (Wildman–Crippen LogP) is 6.05. The van der Waals surface area contributed by atoms with Gasteiger partial charge in [0.05, 0.1) is 0 Å². The molecule has 0 atom stereocenters. The van der Waals surface area contributed by atoms with Gasteiger partial charge in [0.2, 0.25) is 0 Å². The van der Waals surface area contributed by atoms with Gasteiger partial charge >= 0.3 is 0 Å². The Morgan fingerprint density at radius 3 is 1.95 bits per heavy atom. The summed E-state index contributed by atoms with van der Waals surface area (Å²) in [5.41, 5.74) is 1.49. The molecule has 0 N–H and O–H groups in total. The highest BCUT2D eigenvalue weighted by Crippen LogP contribution is 2.25. The van der Waals surface area contributed by atoms with Crippen molar-refractivity contribution >= 4 is 27.6 Å². The van der Waals surface area contributed by atoms with E-state index in [0.717, 1.165) is 0 Å². The minimum Gasteiger partial charge on any atom is -0.0785 e. The summed E-state index contributed by atoms with van der Waals surface area (Å²) in [5, 5.41) is 5.21. The Morgan fingerprint density at radius 2 is 1.30 bits per heavy atom. The Bertz CT molecular complexity index is 786. The molecule has 0 amide bonds. The summed E-state index contributed by atoms with van der Waals surface area (Å²) in [5.74, 6) is 0. The lowest BCUT2D eigenvalue weighted by Gasteiger charge is -2.11. The molecule has 20 heavy (non-hydrogen) atoms. The van der Waals surface area contributed by atoms with Gasteiger partial charge in [0.25, 0.3) is 0 Å². The van der Waals surface area contributed by atoms with Crippen molar-refractivity contribution in [2.75, 3.05) is 0 Å². The minimum absolute atomic E-state index is 0.221. The van der Waals surface area contributed by atoms with Crippen molar-refractivity contribution < 1.29 is 0 Å². The summed E-state index contributed by atoms with van der Waals surface area (Å²) in [6.07, 6.45) is 4.48. The van der Waals surface area contributed by atoms with Crippen LogP contribution in [0.5, 0.6) is 0 Å². The average molecular weight is 260 g/mol. The van der Waals surface area contributed by atoms with E-state index in [1.165, 1.54) is 27.1 Å². The van der Waals surface area contributed by atoms with Crippen molar-refractivity contribution in [2.45, 2.75) is 20.8 Å². The third-order valence-corrected chi connectivity index (χ3v) is 3.50. The third-order valence-electron chi connectivity index (χ3n) is 3.50. The molecule has 100 valence electrons. The molecule has 0 aliphatic carbocycles. The van der Waals surface area contributed by atoms with Gasteiger partial charge in [-0.05, 0) is 50.7 Å². The Labute approximate surface area is 120 Å². The molecule has 3 aromatic rings. The number of rotatable bonds is 1. The first-order valence-corrected chi connectivity index (χ1v) is 7.13. The molecule has 0 nitrogen and oxygen atoms in total. The molecule has 0 saturated carbocycles. The van der Waals surface area contributed by atoms with Crippen LogP contribution < -0.4 is 0 Å². The number of benzene rings is 3. The Balaban J connectivity index is 2.11. The summed E-state index contributed by atoms with van der Waals surface area (Å²) < 4.78 is 0. The fourth-order valence-electron chi connectivity index (χ4n) is 2.41. The first kappa shape index (κ1) is 12.9. The van der Waals surface area contributed by atoms with Gasteiger partial charge in [0.15, 0.2) is 0 Å². The zero-order valence-corrected chi connectivity index (χ0v) is 12.4. The van der Waals surface area contributed by atoms with Crippen LogP contribution in [-0.2, 0) is 0 Å². The molecule has 0 heterocycles. The molecule has 0 saturated heterocycles. The fraction of sp³-hybridized carbons (Fsp3) is 0.200. The first-order chi connectivity index (χ1) is 9.51. The molecule has 0 spiro atoms. The van der Waals surface area contributed by atoms with E-state index >= 15 is 0 Å². The van der Waals surface area contributed by atoms with Crippen molar-refractivity contribution in [1.82, 2.24) is 0 Å². The molecule has 0 aliphatic heterocycles. The lowest BCUT2D eigenvalue weighted by atomic mass is 9.94. The lowest BCUT2D eigenvalue weighted by molar-refractivity contribution is 0.547. The Kier molecular flexibility index (Phi) is 3.10. The van der Waals surface area contributed by atoms with E-state index in [4.69, 9.17) is 0 Å². The SMILES string of the molecule is CC(C)(C)/C=C\c1ccc2cc3ccccc3cc2c1. The lowest BCUT2D eigenvalue weighted by Crippen LogP contribution is -1.97. The summed E-state index contributed by atoms with van der Waals surface area (Å²) in [6.45, 7) is 6.66. The highest BCUT2D eigenvalue weighted by molar-refractivity contribution is 5.98. The van der Waals surface area contributed by atoms with Crippen LogP contribution in [0.25, 0.3) is 27.6 Å². The quantitative estimate of drug-likeness (QED) is 0.467. The van der Waals surface area contributed by atoms with Gasteiger partial charge in [-0.1, -0.05) is 69.3 Å². The van der Waals surface area contributed by atoms with Crippen LogP contribution in [0, 0.1) is 5.41 Å². The van der Waals surface area contributed by atoms with E-state index in [1.807, 2.05) is 0 Å². The van der Waals surface area contributed by atoms with Gasteiger partial charge in [-0.3, -0.25) is 0 Å². The van der Waals surface area contributed by atoms with Crippen LogP contribution in [0.2, 0.25) is 0 Å². The highest BCUT2D eigenvalue weighted by atomic mass is 14.1. The molecular formula is C20H20. The molecule has 3 aromatic carbocycles. The normalized spacial score (nSPS) is 12.6. The number of fused-ring (bicyclic) bond motifs is 2. The van der Waals surface area contributed by atoms with Gasteiger partial charge in [-0.15, -0.1) is 0 Å². The van der Waals surface area contributed by atoms with Crippen LogP contribution in [-0.4, -0.2) is 0 Å². The number of hydrogen-bond donors (Lipinski definition) is 0. The Hall–Kier alpha value is -2.08. The largest absolute Gasteiger partial charge is 0.0785 e. The third kappa shape index (κ3) is 2.75. The maximum Gasteiger partial charge on any atom is -0.0172 e. The number of hydrogen-bond acceptors (Lipinski definition) is 0. The van der Waals surface area contributed by atoms with Crippen LogP contribution in [0.3, 0.4) is 0 Å². The van der Waals surface area contributed by atoms with E-state index in [0.29, 0.717) is 0 Å². The first-order valence-electron chi connectivity index (χ1n) is 7.13. The second-order valence-electron chi connectivity index (χ2n) is 6.51. The van der Waals surface area contributed by atoms with E-state index in [1.54, 1.807) is 0 Å². The van der Waals surface area contributed by atoms with E-state index < -0.39 is 0 Å². The highest BCUT2D eigenvalue weighted by Gasteiger charge is 2.04. The maximum absolute atomic E-state index is 2.28. The zero-order valence-electron chi connectivity index (χ0n) is 12.4. The van der Waals surface area contributed by atoms with Gasteiger partial charge < -0.3 is 0 Å². The summed E-state index contributed by atoms with van der Waals surface area (Å²) in [4.78, 5) is 0. The molecule has 0 aliphatic rings. The van der Waals surface area contributed by atoms with Crippen molar-refractivity contribution in [3.63, 3.8) is 0 Å². The van der Waals surface area contributed by atoms with Crippen LogP contribution in [0.15, 0.2) is 60.7 Å². The van der Waals surface area contributed by atoms with Crippen molar-refractivity contribution in [1.29, 1.82) is 0 Å². The van der Waals surface area contributed by atoms with E-state index in [9.17, 15) is 0 Å². The van der Waals surface area contributed by atoms with E-state index in [2.05, 4.69) is 87.5 Å². The second kappa shape index (κ2) is 4.79. The van der Waals surface area contributed by atoms with Crippen LogP contribution >= 0.6 is 0 Å². The Morgan fingerprint density at radius 1 is 0.700 bits per heavy atom. The maximum atomic E-state index is 2.28. The number of allylic oxidation sites excluding steroid dienone is 1. The molecule has 3 rings (SSSR count). The van der Waals surface area contributed by atoms with Gasteiger partial charge in [-0.25, -0.2) is 0 Å². The topological polar surface area (TPSA) is 0 Å². The minimum atomic E-state index is 0.221. The molecule has 0 fully saturated rings. The van der Waals surface area contributed by atoms with Gasteiger partial charge in [0, 0.05) is 0 Å². The average Bonchev–Trinajstić information content (AvgIpc) is 2.42. The summed E-state index contributed by atoms with van der Waals surface area (Å²) in [6, 6.07) is 19.7. The standard InChI is InChI=1S/C20H20/c1-20(2,3)11-10-15-8-9-18-13-16-6-4-5-7-17(16)14-19(18)12-15/h4-14H,1-3H3/b11-10-. The van der Waals surface area contributed by atoms with Crippen LogP contribution in [0.1, 0.15) is 26.3 Å². The van der Waals surface area contributed by atoms with Crippen molar-refractivity contribution in [3.05, 3.63) is 66.2 Å². The van der Waals surface area contributed by atoms with Gasteiger partial charge in [0.1, 0.15) is 0 Å². The predicted molar refractivity (Wildman–Crippen MR) is 89.9 cm³/mol. The summed E-state index contributed by atoms with van der Waals surface area (Å²) in [7, 11) is 0. The summed E-state index contributed by atoms with van der Waals surface area (Å²) >= 11 is 0. The van der Waals surface area contributed by atoms with Crippen molar-refractivity contribution in [2.24, 2.45) is 5.41 Å². The molecule has 0 aromatic heterocycles. The molecule has 0 unspecified atom stereocenters. The zero-order chi connectivity index (χ0) is 14.2. The van der Waals surface area contributed by atoms with E-state index in [-0.39, 0.29) is 5.41 Å². The molecule has 0 bridgehead atoms. The molecule has 0 radical (unpaired) electrons. The second-order valence-corrected chi connectivity index (χ2v) is 6.51. The molecular weight excluding hydrogens is 240 g/mol. The monoisotopic (exact) mass is 260 g/mol. The van der Waals surface area contributed by atoms with Crippen molar-refractivity contribution in [3.8, 4) is 0 Å². The smallest absolute Gasteiger partial charge is 0.0172 e.